The maximum absolute atomic E-state index is 12.4. The fourth-order valence-electron chi connectivity index (χ4n) is 2.39. The maximum atomic E-state index is 12.4. The Hall–Kier alpha value is -1.28. The predicted octanol–water partition coefficient (Wildman–Crippen LogP) is 2.02. The largest absolute Gasteiger partial charge is 0.478 e. The number of carbonyl (C=O) groups is 1. The number of rotatable bonds is 12. The zero-order valence-electron chi connectivity index (χ0n) is 15.3. The van der Waals surface area contributed by atoms with E-state index in [-0.39, 0.29) is 37.5 Å². The van der Waals surface area contributed by atoms with Gasteiger partial charge in [0, 0.05) is 25.8 Å². The van der Waals surface area contributed by atoms with Gasteiger partial charge in [-0.1, -0.05) is 12.1 Å². The Balaban J connectivity index is 2.62. The van der Waals surface area contributed by atoms with Crippen molar-refractivity contribution >= 4 is 13.3 Å². The van der Waals surface area contributed by atoms with Crippen LogP contribution in [0.5, 0.6) is 0 Å². The molecule has 1 unspecified atom stereocenters. The molecule has 9 heteroatoms. The molecular weight excluding hydrogens is 361 g/mol. The van der Waals surface area contributed by atoms with Crippen LogP contribution in [0.15, 0.2) is 24.3 Å². The van der Waals surface area contributed by atoms with Gasteiger partial charge in [-0.3, -0.25) is 4.57 Å². The molecule has 148 valence electrons. The fraction of sp³-hybridized carbons (Fsp3) is 0.588. The number of carboxylic acid groups (broad SMARTS) is 1. The predicted molar refractivity (Wildman–Crippen MR) is 97.6 cm³/mol. The van der Waals surface area contributed by atoms with Crippen molar-refractivity contribution in [2.45, 2.75) is 38.9 Å². The van der Waals surface area contributed by atoms with Crippen LogP contribution in [0.3, 0.4) is 0 Å². The van der Waals surface area contributed by atoms with Crippen LogP contribution in [0.2, 0.25) is 0 Å². The summed E-state index contributed by atoms with van der Waals surface area (Å²) in [6.07, 6.45) is -1.45. The number of benzene rings is 1. The van der Waals surface area contributed by atoms with Gasteiger partial charge >= 0.3 is 5.97 Å². The summed E-state index contributed by atoms with van der Waals surface area (Å²) >= 11 is 0. The lowest BCUT2D eigenvalue weighted by Crippen LogP contribution is -2.33. The van der Waals surface area contributed by atoms with Crippen LogP contribution < -0.4 is 5.32 Å². The number of carboxylic acids is 1. The number of aliphatic hydroxyl groups is 1. The number of hydrogen-bond acceptors (Lipinski definition) is 6. The number of ether oxygens (including phenoxy) is 2. The van der Waals surface area contributed by atoms with Crippen molar-refractivity contribution in [2.24, 2.45) is 0 Å². The molecule has 26 heavy (non-hydrogen) atoms. The van der Waals surface area contributed by atoms with Gasteiger partial charge in [-0.05, 0) is 38.5 Å². The van der Waals surface area contributed by atoms with Crippen LogP contribution in [-0.4, -0.2) is 59.1 Å². The third-order valence-electron chi connectivity index (χ3n) is 3.71. The molecule has 1 aromatic carbocycles. The van der Waals surface area contributed by atoms with Gasteiger partial charge in [-0.25, -0.2) is 4.79 Å². The minimum Gasteiger partial charge on any atom is -0.478 e. The molecule has 4 N–H and O–H groups in total. The molecule has 0 radical (unpaired) electrons. The number of aliphatic hydroxyl groups excluding tert-OH is 1. The van der Waals surface area contributed by atoms with E-state index in [0.717, 1.165) is 5.56 Å². The SMILES string of the molecule is CCOC(OCC)P(=O)(O)C[C@@H](O)CN[C@H](C)c1cccc(C(=O)O)c1. The van der Waals surface area contributed by atoms with Crippen molar-refractivity contribution in [3.05, 3.63) is 35.4 Å². The second-order valence-electron chi connectivity index (χ2n) is 5.87. The van der Waals surface area contributed by atoms with E-state index in [0.29, 0.717) is 0 Å². The van der Waals surface area contributed by atoms with E-state index >= 15 is 0 Å². The smallest absolute Gasteiger partial charge is 0.335 e. The molecule has 1 rings (SSSR count). The molecule has 0 aliphatic heterocycles. The molecule has 8 nitrogen and oxygen atoms in total. The first-order chi connectivity index (χ1) is 12.2. The Morgan fingerprint density at radius 2 is 1.88 bits per heavy atom. The van der Waals surface area contributed by atoms with E-state index in [1.54, 1.807) is 32.0 Å². The second-order valence-corrected chi connectivity index (χ2v) is 8.17. The lowest BCUT2D eigenvalue weighted by Gasteiger charge is -2.25. The first-order valence-corrected chi connectivity index (χ1v) is 10.4. The van der Waals surface area contributed by atoms with Crippen molar-refractivity contribution in [1.29, 1.82) is 0 Å². The van der Waals surface area contributed by atoms with Gasteiger partial charge in [0.2, 0.25) is 6.03 Å². The van der Waals surface area contributed by atoms with Crippen LogP contribution in [0.4, 0.5) is 0 Å². The molecule has 0 amide bonds. The molecule has 0 spiro atoms. The van der Waals surface area contributed by atoms with Crippen molar-refractivity contribution in [3.8, 4) is 0 Å². The summed E-state index contributed by atoms with van der Waals surface area (Å²) in [5, 5.41) is 22.2. The lowest BCUT2D eigenvalue weighted by atomic mass is 10.1. The highest BCUT2D eigenvalue weighted by molar-refractivity contribution is 7.58. The third kappa shape index (κ3) is 7.15. The first-order valence-electron chi connectivity index (χ1n) is 8.50. The molecule has 0 bridgehead atoms. The van der Waals surface area contributed by atoms with E-state index in [4.69, 9.17) is 14.6 Å². The van der Waals surface area contributed by atoms with Crippen LogP contribution in [-0.2, 0) is 14.0 Å². The normalized spacial score (nSPS) is 16.2. The zero-order chi connectivity index (χ0) is 19.7. The van der Waals surface area contributed by atoms with E-state index < -0.39 is 25.5 Å². The molecule has 0 heterocycles. The monoisotopic (exact) mass is 389 g/mol. The molecule has 1 aromatic rings. The minimum absolute atomic E-state index is 0.0635. The zero-order valence-corrected chi connectivity index (χ0v) is 16.2. The lowest BCUT2D eigenvalue weighted by molar-refractivity contribution is -0.0876. The summed E-state index contributed by atoms with van der Waals surface area (Å²) in [7, 11) is -3.86. The maximum Gasteiger partial charge on any atom is 0.335 e. The van der Waals surface area contributed by atoms with E-state index in [1.165, 1.54) is 6.07 Å². The summed E-state index contributed by atoms with van der Waals surface area (Å²) in [6, 6.07) is 4.96. The Bertz CT molecular complexity index is 619. The standard InChI is InChI=1S/C17H28NO7P/c1-4-24-17(25-5-2)26(22,23)11-15(19)10-18-12(3)13-7-6-8-14(9-13)16(20)21/h6-9,12,15,17-19H,4-5,10-11H2,1-3H3,(H,20,21)(H,22,23)/t12-,15+/m1/s1. The summed E-state index contributed by atoms with van der Waals surface area (Å²) < 4.78 is 22.7. The Morgan fingerprint density at radius 3 is 2.42 bits per heavy atom. The molecular formula is C17H28NO7P. The van der Waals surface area contributed by atoms with Crippen LogP contribution in [0.1, 0.15) is 42.7 Å². The van der Waals surface area contributed by atoms with Gasteiger partial charge < -0.3 is 29.9 Å². The van der Waals surface area contributed by atoms with E-state index in [1.807, 2.05) is 6.92 Å². The van der Waals surface area contributed by atoms with Gasteiger partial charge in [0.05, 0.1) is 17.8 Å². The van der Waals surface area contributed by atoms with Crippen molar-refractivity contribution in [1.82, 2.24) is 5.32 Å². The molecule has 0 aromatic heterocycles. The van der Waals surface area contributed by atoms with Crippen molar-refractivity contribution in [2.75, 3.05) is 25.9 Å². The Labute approximate surface area is 153 Å². The van der Waals surface area contributed by atoms with Crippen LogP contribution in [0, 0.1) is 0 Å². The van der Waals surface area contributed by atoms with Gasteiger partial charge in [0.15, 0.2) is 0 Å². The fourth-order valence-corrected chi connectivity index (χ4v) is 4.06. The molecule has 0 fully saturated rings. The minimum atomic E-state index is -3.86. The second kappa shape index (κ2) is 10.8. The van der Waals surface area contributed by atoms with Crippen LogP contribution >= 0.6 is 7.37 Å². The first kappa shape index (κ1) is 22.8. The summed E-state index contributed by atoms with van der Waals surface area (Å²) in [5.74, 6) is -1.02. The van der Waals surface area contributed by atoms with Gasteiger partial charge in [-0.15, -0.1) is 0 Å². The van der Waals surface area contributed by atoms with E-state index in [2.05, 4.69) is 5.32 Å². The molecule has 0 aliphatic carbocycles. The summed E-state index contributed by atoms with van der Waals surface area (Å²) in [6.45, 7) is 5.71. The van der Waals surface area contributed by atoms with Crippen molar-refractivity contribution < 1.29 is 33.9 Å². The number of nitrogens with one attached hydrogen (secondary N) is 1. The van der Waals surface area contributed by atoms with Gasteiger partial charge in [-0.2, -0.15) is 0 Å². The summed E-state index contributed by atoms with van der Waals surface area (Å²) in [5.41, 5.74) is 0.915. The molecule has 3 atom stereocenters. The Morgan fingerprint density at radius 1 is 1.27 bits per heavy atom. The highest BCUT2D eigenvalue weighted by Crippen LogP contribution is 2.47. The van der Waals surface area contributed by atoms with Crippen LogP contribution in [0.25, 0.3) is 0 Å². The average molecular weight is 389 g/mol. The molecule has 0 saturated carbocycles. The van der Waals surface area contributed by atoms with Gasteiger partial charge in [0.25, 0.3) is 7.37 Å². The van der Waals surface area contributed by atoms with E-state index in [9.17, 15) is 19.4 Å². The highest BCUT2D eigenvalue weighted by atomic mass is 31.2. The summed E-state index contributed by atoms with van der Waals surface area (Å²) in [4.78, 5) is 21.2. The molecule has 0 saturated heterocycles. The topological polar surface area (TPSA) is 125 Å². The highest BCUT2D eigenvalue weighted by Gasteiger charge is 2.34. The quantitative estimate of drug-likeness (QED) is 0.316. The van der Waals surface area contributed by atoms with Crippen molar-refractivity contribution in [3.63, 3.8) is 0 Å². The Kier molecular flexibility index (Phi) is 9.43. The third-order valence-corrected chi connectivity index (χ3v) is 5.62. The average Bonchev–Trinajstić information content (AvgIpc) is 2.59. The molecule has 0 aliphatic rings. The number of aromatic carboxylic acids is 1. The number of hydrogen-bond donors (Lipinski definition) is 4. The van der Waals surface area contributed by atoms with Gasteiger partial charge in [0.1, 0.15) is 0 Å².